The Labute approximate surface area is 152 Å². The number of primary amides is 1. The number of amides is 1. The number of rotatable bonds is 6. The maximum atomic E-state index is 12.1. The van der Waals surface area contributed by atoms with Crippen LogP contribution in [0.4, 0.5) is 11.4 Å². The van der Waals surface area contributed by atoms with E-state index in [4.69, 9.17) is 10.8 Å². The van der Waals surface area contributed by atoms with Gasteiger partial charge in [-0.3, -0.25) is 4.79 Å². The molecule has 0 saturated carbocycles. The van der Waals surface area contributed by atoms with Crippen molar-refractivity contribution in [2.45, 2.75) is 26.3 Å². The normalized spacial score (nSPS) is 11.1. The predicted octanol–water partition coefficient (Wildman–Crippen LogP) is 2.81. The van der Waals surface area contributed by atoms with Crippen molar-refractivity contribution in [1.82, 2.24) is 10.2 Å². The lowest BCUT2D eigenvalue weighted by Gasteiger charge is -2.31. The van der Waals surface area contributed by atoms with Crippen LogP contribution in [0.3, 0.4) is 0 Å². The fourth-order valence-electron chi connectivity index (χ4n) is 3.11. The highest BCUT2D eigenvalue weighted by molar-refractivity contribution is 6.06. The Balaban J connectivity index is 2.29. The highest BCUT2D eigenvalue weighted by Gasteiger charge is 2.24. The van der Waals surface area contributed by atoms with E-state index in [2.05, 4.69) is 10.2 Å². The zero-order valence-corrected chi connectivity index (χ0v) is 14.9. The molecule has 1 amide bonds. The van der Waals surface area contributed by atoms with E-state index in [1.165, 1.54) is 0 Å². The third-order valence-electron chi connectivity index (χ3n) is 4.22. The molecular weight excluding hydrogens is 328 g/mol. The number of nitrogens with zero attached hydrogens (tertiary/aromatic N) is 3. The average molecular weight is 350 g/mol. The van der Waals surface area contributed by atoms with Crippen LogP contribution in [0.2, 0.25) is 0 Å². The topological polar surface area (TPSA) is 92.3 Å². The zero-order chi connectivity index (χ0) is 18.7. The van der Waals surface area contributed by atoms with Crippen LogP contribution >= 0.6 is 0 Å². The summed E-state index contributed by atoms with van der Waals surface area (Å²) in [7, 11) is 0. The minimum Gasteiger partial charge on any atom is -0.396 e. The fourth-order valence-corrected chi connectivity index (χ4v) is 3.11. The Bertz CT molecular complexity index is 926. The number of anilines is 2. The molecular formula is C20H22N4O2. The molecule has 0 bridgehead atoms. The second-order valence-electron chi connectivity index (χ2n) is 6.39. The van der Waals surface area contributed by atoms with Crippen LogP contribution in [0.15, 0.2) is 48.5 Å². The number of aromatic nitrogens is 2. The molecule has 2 aromatic carbocycles. The quantitative estimate of drug-likeness (QED) is 0.713. The van der Waals surface area contributed by atoms with Crippen LogP contribution in [0.1, 0.15) is 29.9 Å². The summed E-state index contributed by atoms with van der Waals surface area (Å²) in [5, 5.41) is 18.3. The minimum atomic E-state index is -0.615. The molecule has 0 aliphatic heterocycles. The lowest BCUT2D eigenvalue weighted by molar-refractivity contribution is 0.0995. The van der Waals surface area contributed by atoms with E-state index in [1.54, 1.807) is 0 Å². The number of aliphatic hydroxyl groups is 1. The van der Waals surface area contributed by atoms with Gasteiger partial charge >= 0.3 is 0 Å². The number of fused-ring (bicyclic) bond motifs is 1. The molecule has 134 valence electrons. The van der Waals surface area contributed by atoms with Crippen LogP contribution in [-0.2, 0) is 6.42 Å². The summed E-state index contributed by atoms with van der Waals surface area (Å²) < 4.78 is 0. The van der Waals surface area contributed by atoms with Gasteiger partial charge in [-0.15, -0.1) is 10.2 Å². The van der Waals surface area contributed by atoms with E-state index in [-0.39, 0.29) is 18.3 Å². The van der Waals surface area contributed by atoms with Crippen molar-refractivity contribution in [1.29, 1.82) is 0 Å². The second kappa shape index (κ2) is 7.49. The molecule has 0 atom stereocenters. The van der Waals surface area contributed by atoms with Gasteiger partial charge in [-0.25, -0.2) is 0 Å². The van der Waals surface area contributed by atoms with Crippen molar-refractivity contribution in [3.8, 4) is 0 Å². The van der Waals surface area contributed by atoms with E-state index in [9.17, 15) is 4.79 Å². The summed E-state index contributed by atoms with van der Waals surface area (Å²) in [5.74, 6) is -0.615. The van der Waals surface area contributed by atoms with Crippen molar-refractivity contribution >= 4 is 28.2 Å². The van der Waals surface area contributed by atoms with E-state index in [0.29, 0.717) is 17.6 Å². The number of hydrogen-bond acceptors (Lipinski definition) is 5. The van der Waals surface area contributed by atoms with Gasteiger partial charge in [0, 0.05) is 23.7 Å². The molecule has 3 aromatic rings. The van der Waals surface area contributed by atoms with Crippen LogP contribution < -0.4 is 10.6 Å². The van der Waals surface area contributed by atoms with E-state index in [0.717, 1.165) is 16.6 Å². The first-order valence-corrected chi connectivity index (χ1v) is 8.57. The molecule has 6 nitrogen and oxygen atoms in total. The second-order valence-corrected chi connectivity index (χ2v) is 6.39. The van der Waals surface area contributed by atoms with E-state index in [1.807, 2.05) is 67.3 Å². The zero-order valence-electron chi connectivity index (χ0n) is 14.9. The first-order chi connectivity index (χ1) is 12.5. The van der Waals surface area contributed by atoms with Crippen LogP contribution in [0.5, 0.6) is 0 Å². The molecule has 3 rings (SSSR count). The molecule has 0 aliphatic carbocycles. The van der Waals surface area contributed by atoms with Crippen molar-refractivity contribution < 1.29 is 9.90 Å². The highest BCUT2D eigenvalue weighted by atomic mass is 16.3. The highest BCUT2D eigenvalue weighted by Crippen LogP contribution is 2.35. The van der Waals surface area contributed by atoms with Crippen molar-refractivity contribution in [2.24, 2.45) is 5.73 Å². The third kappa shape index (κ3) is 3.36. The monoisotopic (exact) mass is 350 g/mol. The molecule has 0 saturated heterocycles. The molecule has 1 heterocycles. The first kappa shape index (κ1) is 17.8. The smallest absolute Gasteiger partial charge is 0.271 e. The molecule has 0 unspecified atom stereocenters. The van der Waals surface area contributed by atoms with Gasteiger partial charge in [0.2, 0.25) is 0 Å². The summed E-state index contributed by atoms with van der Waals surface area (Å²) in [4.78, 5) is 14.1. The predicted molar refractivity (Wildman–Crippen MR) is 103 cm³/mol. The Hall–Kier alpha value is -2.99. The summed E-state index contributed by atoms with van der Waals surface area (Å²) in [6.07, 6.45) is 0.539. The van der Waals surface area contributed by atoms with Gasteiger partial charge in [-0.05, 0) is 44.0 Å². The number of carbonyl (C=O) groups excluding carboxylic acids is 1. The van der Waals surface area contributed by atoms with Gasteiger partial charge in [-0.1, -0.05) is 30.3 Å². The lowest BCUT2D eigenvalue weighted by atomic mass is 10.0. The van der Waals surface area contributed by atoms with Crippen LogP contribution in [0, 0.1) is 0 Å². The number of aliphatic hydroxyl groups excluding tert-OH is 1. The molecule has 0 radical (unpaired) electrons. The Morgan fingerprint density at radius 2 is 1.88 bits per heavy atom. The molecule has 26 heavy (non-hydrogen) atoms. The molecule has 0 fully saturated rings. The number of carbonyl (C=O) groups is 1. The standard InChI is InChI=1S/C20H22N4O2/c1-13(2)24(15-6-4-3-5-7-15)19-16-9-8-14(10-11-25)12-17(16)22-23-18(19)20(21)26/h3-9,12-13,25H,10-11H2,1-2H3,(H2,21,26). The number of hydrogen-bond donors (Lipinski definition) is 2. The van der Waals surface area contributed by atoms with Gasteiger partial charge in [-0.2, -0.15) is 0 Å². The summed E-state index contributed by atoms with van der Waals surface area (Å²) in [6, 6.07) is 15.6. The third-order valence-corrected chi connectivity index (χ3v) is 4.22. The first-order valence-electron chi connectivity index (χ1n) is 8.57. The van der Waals surface area contributed by atoms with Gasteiger partial charge in [0.1, 0.15) is 0 Å². The average Bonchev–Trinajstić information content (AvgIpc) is 2.62. The van der Waals surface area contributed by atoms with Crippen molar-refractivity contribution in [3.63, 3.8) is 0 Å². The summed E-state index contributed by atoms with van der Waals surface area (Å²) in [5.41, 5.74) is 8.96. The molecule has 3 N–H and O–H groups in total. The Morgan fingerprint density at radius 3 is 2.50 bits per heavy atom. The number of benzene rings is 2. The van der Waals surface area contributed by atoms with Gasteiger partial charge in [0.05, 0.1) is 11.2 Å². The maximum absolute atomic E-state index is 12.1. The maximum Gasteiger partial charge on any atom is 0.271 e. The van der Waals surface area contributed by atoms with Crippen LogP contribution in [0.25, 0.3) is 10.9 Å². The number of para-hydroxylation sites is 1. The van der Waals surface area contributed by atoms with Crippen molar-refractivity contribution in [2.75, 3.05) is 11.5 Å². The summed E-state index contributed by atoms with van der Waals surface area (Å²) in [6.45, 7) is 4.15. The van der Waals surface area contributed by atoms with E-state index < -0.39 is 5.91 Å². The fraction of sp³-hybridized carbons (Fsp3) is 0.250. The Morgan fingerprint density at radius 1 is 1.15 bits per heavy atom. The molecule has 1 aromatic heterocycles. The molecule has 0 aliphatic rings. The van der Waals surface area contributed by atoms with Gasteiger partial charge in [0.25, 0.3) is 5.91 Å². The minimum absolute atomic E-state index is 0.0628. The lowest BCUT2D eigenvalue weighted by Crippen LogP contribution is -2.29. The van der Waals surface area contributed by atoms with E-state index >= 15 is 0 Å². The van der Waals surface area contributed by atoms with Gasteiger partial charge in [0.15, 0.2) is 5.69 Å². The Kier molecular flexibility index (Phi) is 5.14. The number of nitrogens with two attached hydrogens (primary N) is 1. The summed E-state index contributed by atoms with van der Waals surface area (Å²) >= 11 is 0. The SMILES string of the molecule is CC(C)N(c1ccccc1)c1c(C(N)=O)nnc2cc(CCO)ccc12. The largest absolute Gasteiger partial charge is 0.396 e. The van der Waals surface area contributed by atoms with Crippen molar-refractivity contribution in [3.05, 3.63) is 59.8 Å². The molecule has 0 spiro atoms. The molecule has 6 heteroatoms. The van der Waals surface area contributed by atoms with Crippen LogP contribution in [-0.4, -0.2) is 33.9 Å². The van der Waals surface area contributed by atoms with Gasteiger partial charge < -0.3 is 15.7 Å².